The Morgan fingerprint density at radius 3 is 2.54 bits per heavy atom. The third-order valence-corrected chi connectivity index (χ3v) is 2.53. The van der Waals surface area contributed by atoms with Gasteiger partial charge >= 0.3 is 0 Å². The van der Waals surface area contributed by atoms with Crippen LogP contribution in [0, 0.1) is 0 Å². The Morgan fingerprint density at radius 1 is 1.46 bits per heavy atom. The molecule has 0 radical (unpaired) electrons. The Kier molecular flexibility index (Phi) is 4.18. The maximum Gasteiger partial charge on any atom is 0.221 e. The van der Waals surface area contributed by atoms with E-state index in [0.717, 1.165) is 15.7 Å². The molecular formula is C9H11NOS2. The Balaban J connectivity index is 2.64. The molecule has 1 amide bonds. The van der Waals surface area contributed by atoms with Crippen LogP contribution in [0.25, 0.3) is 0 Å². The molecule has 1 N–H and O–H groups in total. The molecule has 1 aromatic carbocycles. The van der Waals surface area contributed by atoms with E-state index in [1.807, 2.05) is 24.3 Å². The van der Waals surface area contributed by atoms with Gasteiger partial charge < -0.3 is 5.32 Å². The average molecular weight is 213 g/mol. The lowest BCUT2D eigenvalue weighted by molar-refractivity contribution is -0.114. The molecule has 4 heteroatoms. The van der Waals surface area contributed by atoms with Crippen molar-refractivity contribution >= 4 is 36.0 Å². The third kappa shape index (κ3) is 3.74. The second kappa shape index (κ2) is 5.19. The predicted octanol–water partition coefficient (Wildman–Crippen LogP) is 2.62. The minimum atomic E-state index is -0.0467. The van der Waals surface area contributed by atoms with Gasteiger partial charge in [0.1, 0.15) is 0 Å². The van der Waals surface area contributed by atoms with Crippen molar-refractivity contribution in [2.45, 2.75) is 11.8 Å². The number of hydrogen-bond acceptors (Lipinski definition) is 3. The Bertz CT molecular complexity index is 284. The number of thiol groups is 1. The van der Waals surface area contributed by atoms with Gasteiger partial charge in [-0.25, -0.2) is 0 Å². The molecule has 0 aromatic heterocycles. The molecule has 0 unspecified atom stereocenters. The molecule has 0 spiro atoms. The highest BCUT2D eigenvalue weighted by Crippen LogP contribution is 2.20. The Morgan fingerprint density at radius 2 is 2.08 bits per heavy atom. The lowest BCUT2D eigenvalue weighted by Crippen LogP contribution is -2.05. The maximum atomic E-state index is 10.7. The van der Waals surface area contributed by atoms with Crippen molar-refractivity contribution in [3.8, 4) is 0 Å². The van der Waals surface area contributed by atoms with Crippen molar-refractivity contribution in [1.82, 2.24) is 0 Å². The summed E-state index contributed by atoms with van der Waals surface area (Å²) in [6.07, 6.45) is 0. The van der Waals surface area contributed by atoms with Gasteiger partial charge in [0, 0.05) is 22.6 Å². The minimum Gasteiger partial charge on any atom is -0.326 e. The van der Waals surface area contributed by atoms with E-state index >= 15 is 0 Å². The summed E-state index contributed by atoms with van der Waals surface area (Å²) in [5.41, 5.74) is 0.830. The first-order valence-electron chi connectivity index (χ1n) is 3.83. The number of nitrogens with one attached hydrogen (secondary N) is 1. The fourth-order valence-corrected chi connectivity index (χ4v) is 1.84. The van der Waals surface area contributed by atoms with Crippen molar-refractivity contribution in [2.24, 2.45) is 0 Å². The summed E-state index contributed by atoms with van der Waals surface area (Å²) in [6, 6.07) is 7.69. The zero-order valence-corrected chi connectivity index (χ0v) is 8.99. The van der Waals surface area contributed by atoms with E-state index in [0.29, 0.717) is 0 Å². The molecule has 0 fully saturated rings. The van der Waals surface area contributed by atoms with Gasteiger partial charge in [0.05, 0.1) is 0 Å². The molecule has 1 aromatic rings. The summed E-state index contributed by atoms with van der Waals surface area (Å²) >= 11 is 5.76. The van der Waals surface area contributed by atoms with E-state index in [4.69, 9.17) is 0 Å². The quantitative estimate of drug-likeness (QED) is 0.459. The van der Waals surface area contributed by atoms with Gasteiger partial charge in [-0.2, -0.15) is 12.6 Å². The first kappa shape index (κ1) is 10.5. The molecule has 0 saturated heterocycles. The molecule has 0 aliphatic heterocycles. The highest BCUT2D eigenvalue weighted by Gasteiger charge is 1.95. The van der Waals surface area contributed by atoms with Crippen LogP contribution < -0.4 is 5.32 Å². The maximum absolute atomic E-state index is 10.7. The number of anilines is 1. The second-order valence-electron chi connectivity index (χ2n) is 2.48. The highest BCUT2D eigenvalue weighted by atomic mass is 32.2. The van der Waals surface area contributed by atoms with E-state index in [1.165, 1.54) is 6.92 Å². The zero-order valence-electron chi connectivity index (χ0n) is 7.28. The molecule has 1 rings (SSSR count). The molecule has 13 heavy (non-hydrogen) atoms. The molecule has 0 aliphatic carbocycles. The molecule has 2 nitrogen and oxygen atoms in total. The van der Waals surface area contributed by atoms with Crippen molar-refractivity contribution in [1.29, 1.82) is 0 Å². The van der Waals surface area contributed by atoms with Crippen LogP contribution >= 0.6 is 24.4 Å². The van der Waals surface area contributed by atoms with Crippen molar-refractivity contribution in [3.63, 3.8) is 0 Å². The number of amides is 1. The lowest BCUT2D eigenvalue weighted by Gasteiger charge is -2.02. The Labute approximate surface area is 87.5 Å². The number of hydrogen-bond donors (Lipinski definition) is 2. The number of benzene rings is 1. The fourth-order valence-electron chi connectivity index (χ4n) is 0.912. The van der Waals surface area contributed by atoms with Crippen molar-refractivity contribution in [3.05, 3.63) is 24.3 Å². The zero-order chi connectivity index (χ0) is 9.68. The van der Waals surface area contributed by atoms with Gasteiger partial charge in [-0.3, -0.25) is 4.79 Å². The van der Waals surface area contributed by atoms with Crippen molar-refractivity contribution < 1.29 is 4.79 Å². The van der Waals surface area contributed by atoms with Gasteiger partial charge in [0.15, 0.2) is 0 Å². The average Bonchev–Trinajstić information content (AvgIpc) is 2.08. The third-order valence-electron chi connectivity index (χ3n) is 1.41. The van der Waals surface area contributed by atoms with Gasteiger partial charge in [-0.05, 0) is 24.3 Å². The summed E-state index contributed by atoms with van der Waals surface area (Å²) in [7, 11) is 0. The monoisotopic (exact) mass is 213 g/mol. The molecule has 70 valence electrons. The normalized spacial score (nSPS) is 9.69. The first-order valence-corrected chi connectivity index (χ1v) is 5.45. The largest absolute Gasteiger partial charge is 0.326 e. The van der Waals surface area contributed by atoms with Crippen LogP contribution in [-0.2, 0) is 4.79 Å². The number of carbonyl (C=O) groups excluding carboxylic acids is 1. The van der Waals surface area contributed by atoms with Crippen LogP contribution in [-0.4, -0.2) is 11.0 Å². The summed E-state index contributed by atoms with van der Waals surface area (Å²) < 4.78 is 0. The lowest BCUT2D eigenvalue weighted by atomic mass is 10.3. The SMILES string of the molecule is CC(=O)Nc1ccc(SCS)cc1. The van der Waals surface area contributed by atoms with Crippen molar-refractivity contribution in [2.75, 3.05) is 10.4 Å². The van der Waals surface area contributed by atoms with Crippen LogP contribution in [0.4, 0.5) is 5.69 Å². The van der Waals surface area contributed by atoms with Gasteiger partial charge in [-0.1, -0.05) is 0 Å². The molecule has 0 bridgehead atoms. The summed E-state index contributed by atoms with van der Waals surface area (Å²) in [4.78, 5) is 11.9. The second-order valence-corrected chi connectivity index (χ2v) is 4.27. The van der Waals surface area contributed by atoms with Gasteiger partial charge in [0.25, 0.3) is 0 Å². The molecule has 0 atom stereocenters. The van der Waals surface area contributed by atoms with Crippen LogP contribution in [0.2, 0.25) is 0 Å². The molecule has 0 heterocycles. The number of rotatable bonds is 3. The number of thioether (sulfide) groups is 1. The predicted molar refractivity (Wildman–Crippen MR) is 60.5 cm³/mol. The molecular weight excluding hydrogens is 202 g/mol. The van der Waals surface area contributed by atoms with E-state index in [9.17, 15) is 4.79 Å². The van der Waals surface area contributed by atoms with Crippen LogP contribution in [0.1, 0.15) is 6.92 Å². The fraction of sp³-hybridized carbons (Fsp3) is 0.222. The Hall–Kier alpha value is -0.610. The molecule has 0 aliphatic rings. The topological polar surface area (TPSA) is 29.1 Å². The van der Waals surface area contributed by atoms with E-state index in [-0.39, 0.29) is 5.91 Å². The smallest absolute Gasteiger partial charge is 0.221 e. The first-order chi connectivity index (χ1) is 6.22. The number of carbonyl (C=O) groups is 1. The van der Waals surface area contributed by atoms with Gasteiger partial charge in [0.2, 0.25) is 5.91 Å². The highest BCUT2D eigenvalue weighted by molar-refractivity contribution is 8.09. The van der Waals surface area contributed by atoms with Gasteiger partial charge in [-0.15, -0.1) is 11.8 Å². The summed E-state index contributed by atoms with van der Waals surface area (Å²) in [5, 5.41) is 3.47. The van der Waals surface area contributed by atoms with Crippen LogP contribution in [0.3, 0.4) is 0 Å². The molecule has 0 saturated carbocycles. The van der Waals surface area contributed by atoms with E-state index in [2.05, 4.69) is 17.9 Å². The van der Waals surface area contributed by atoms with E-state index in [1.54, 1.807) is 11.8 Å². The summed E-state index contributed by atoms with van der Waals surface area (Å²) in [6.45, 7) is 1.50. The standard InChI is InChI=1S/C9H11NOS2/c1-7(11)10-8-2-4-9(5-3-8)13-6-12/h2-5,12H,6H2,1H3,(H,10,11). The minimum absolute atomic E-state index is 0.0467. The summed E-state index contributed by atoms with van der Waals surface area (Å²) in [5.74, 6) is -0.0467. The van der Waals surface area contributed by atoms with E-state index < -0.39 is 0 Å². The van der Waals surface area contributed by atoms with Crippen LogP contribution in [0.5, 0.6) is 0 Å². The van der Waals surface area contributed by atoms with Crippen LogP contribution in [0.15, 0.2) is 29.2 Å².